The first-order valence-electron chi connectivity index (χ1n) is 7.52. The van der Waals surface area contributed by atoms with E-state index in [4.69, 9.17) is 5.73 Å². The molecule has 0 radical (unpaired) electrons. The summed E-state index contributed by atoms with van der Waals surface area (Å²) in [6.45, 7) is 2.24. The highest BCUT2D eigenvalue weighted by Crippen LogP contribution is 2.21. The molecule has 3 N–H and O–H groups in total. The van der Waals surface area contributed by atoms with Crippen LogP contribution >= 0.6 is 0 Å². The Labute approximate surface area is 135 Å². The molecule has 0 spiro atoms. The summed E-state index contributed by atoms with van der Waals surface area (Å²) in [6, 6.07) is 6.36. The number of hydrogen-bond acceptors (Lipinski definition) is 4. The Morgan fingerprint density at radius 3 is 2.78 bits per heavy atom. The number of carbonyl (C=O) groups excluding carboxylic acids is 2. The molecule has 1 atom stereocenters. The van der Waals surface area contributed by atoms with Crippen LogP contribution in [0.15, 0.2) is 24.3 Å². The summed E-state index contributed by atoms with van der Waals surface area (Å²) in [7, 11) is -3.29. The van der Waals surface area contributed by atoms with E-state index in [1.165, 1.54) is 10.4 Å². The zero-order chi connectivity index (χ0) is 17.0. The molecule has 2 rings (SSSR count). The highest BCUT2D eigenvalue weighted by Gasteiger charge is 2.31. The minimum atomic E-state index is -3.29. The van der Waals surface area contributed by atoms with Gasteiger partial charge in [-0.15, -0.1) is 0 Å². The summed E-state index contributed by atoms with van der Waals surface area (Å²) in [5.74, 6) is -1.19. The van der Waals surface area contributed by atoms with Gasteiger partial charge in [0.05, 0.1) is 11.7 Å². The van der Waals surface area contributed by atoms with E-state index in [0.29, 0.717) is 30.6 Å². The third-order valence-electron chi connectivity index (χ3n) is 3.93. The van der Waals surface area contributed by atoms with Crippen LogP contribution in [0.25, 0.3) is 0 Å². The second-order valence-electron chi connectivity index (χ2n) is 5.53. The largest absolute Gasteiger partial charge is 0.366 e. The van der Waals surface area contributed by atoms with Crippen molar-refractivity contribution in [2.45, 2.75) is 19.8 Å². The highest BCUT2D eigenvalue weighted by molar-refractivity contribution is 7.89. The molecule has 8 heteroatoms. The van der Waals surface area contributed by atoms with E-state index in [1.807, 2.05) is 0 Å². The Balaban J connectivity index is 2.06. The van der Waals surface area contributed by atoms with Crippen LogP contribution in [0.3, 0.4) is 0 Å². The summed E-state index contributed by atoms with van der Waals surface area (Å²) in [5.41, 5.74) is 5.99. The van der Waals surface area contributed by atoms with Gasteiger partial charge in [-0.1, -0.05) is 6.07 Å². The molecule has 1 aliphatic heterocycles. The topological polar surface area (TPSA) is 110 Å². The minimum Gasteiger partial charge on any atom is -0.366 e. The van der Waals surface area contributed by atoms with Crippen LogP contribution in [0.5, 0.6) is 0 Å². The molecule has 1 aromatic rings. The number of hydrogen-bond donors (Lipinski definition) is 2. The standard InChI is InChI=1S/C15H21N3O4S/c1-2-23(21,22)18-8-4-6-12(10-18)15(20)17-13-7-3-5-11(9-13)14(16)19/h3,5,7,9,12H,2,4,6,8,10H2,1H3,(H2,16,19)(H,17,20)/t12-/m0/s1. The van der Waals surface area contributed by atoms with Crippen LogP contribution < -0.4 is 11.1 Å². The van der Waals surface area contributed by atoms with E-state index >= 15 is 0 Å². The molecule has 1 aliphatic rings. The molecular formula is C15H21N3O4S. The van der Waals surface area contributed by atoms with Crippen LogP contribution in [0.4, 0.5) is 5.69 Å². The first-order valence-corrected chi connectivity index (χ1v) is 9.13. The maximum absolute atomic E-state index is 12.4. The summed E-state index contributed by atoms with van der Waals surface area (Å²) in [6.07, 6.45) is 1.29. The van der Waals surface area contributed by atoms with Crippen LogP contribution in [0.1, 0.15) is 30.1 Å². The van der Waals surface area contributed by atoms with Crippen molar-refractivity contribution in [1.29, 1.82) is 0 Å². The zero-order valence-electron chi connectivity index (χ0n) is 13.0. The number of anilines is 1. The van der Waals surface area contributed by atoms with Crippen molar-refractivity contribution in [3.05, 3.63) is 29.8 Å². The number of primary amides is 1. The van der Waals surface area contributed by atoms with Crippen molar-refractivity contribution >= 4 is 27.5 Å². The average molecular weight is 339 g/mol. The van der Waals surface area contributed by atoms with Crippen molar-refractivity contribution in [3.63, 3.8) is 0 Å². The van der Waals surface area contributed by atoms with Crippen LogP contribution in [0, 0.1) is 5.92 Å². The predicted molar refractivity (Wildman–Crippen MR) is 87.3 cm³/mol. The predicted octanol–water partition coefficient (Wildman–Crippen LogP) is 0.786. The van der Waals surface area contributed by atoms with Gasteiger partial charge in [0, 0.05) is 24.3 Å². The SMILES string of the molecule is CCS(=O)(=O)N1CCC[C@H](C(=O)Nc2cccc(C(N)=O)c2)C1. The fraction of sp³-hybridized carbons (Fsp3) is 0.467. The fourth-order valence-electron chi connectivity index (χ4n) is 2.59. The first-order chi connectivity index (χ1) is 10.8. The van der Waals surface area contributed by atoms with E-state index in [0.717, 1.165) is 0 Å². The monoisotopic (exact) mass is 339 g/mol. The fourth-order valence-corrected chi connectivity index (χ4v) is 3.77. The van der Waals surface area contributed by atoms with Gasteiger partial charge in [0.25, 0.3) is 0 Å². The number of sulfonamides is 1. The molecule has 0 saturated carbocycles. The molecule has 0 bridgehead atoms. The zero-order valence-corrected chi connectivity index (χ0v) is 13.8. The molecule has 0 unspecified atom stereocenters. The van der Waals surface area contributed by atoms with Gasteiger partial charge in [0.2, 0.25) is 21.8 Å². The summed E-state index contributed by atoms with van der Waals surface area (Å²) >= 11 is 0. The molecule has 0 aromatic heterocycles. The Hall–Kier alpha value is -1.93. The lowest BCUT2D eigenvalue weighted by molar-refractivity contribution is -0.120. The van der Waals surface area contributed by atoms with Crippen molar-refractivity contribution in [2.75, 3.05) is 24.2 Å². The normalized spacial score (nSPS) is 19.3. The van der Waals surface area contributed by atoms with Crippen LogP contribution in [-0.4, -0.2) is 43.4 Å². The third kappa shape index (κ3) is 4.29. The molecule has 1 fully saturated rings. The van der Waals surface area contributed by atoms with E-state index in [1.54, 1.807) is 25.1 Å². The van der Waals surface area contributed by atoms with Crippen LogP contribution in [-0.2, 0) is 14.8 Å². The first kappa shape index (κ1) is 17.4. The Kier molecular flexibility index (Phi) is 5.38. The molecule has 1 heterocycles. The molecule has 7 nitrogen and oxygen atoms in total. The molecule has 1 aromatic carbocycles. The number of nitrogens with zero attached hydrogens (tertiary/aromatic N) is 1. The lowest BCUT2D eigenvalue weighted by Gasteiger charge is -2.30. The number of nitrogens with two attached hydrogens (primary N) is 1. The molecule has 126 valence electrons. The molecule has 0 aliphatic carbocycles. The quantitative estimate of drug-likeness (QED) is 0.826. The smallest absolute Gasteiger partial charge is 0.248 e. The summed E-state index contributed by atoms with van der Waals surface area (Å²) in [5, 5.41) is 2.73. The number of piperidine rings is 1. The Morgan fingerprint density at radius 2 is 2.13 bits per heavy atom. The molecule has 23 heavy (non-hydrogen) atoms. The number of benzene rings is 1. The van der Waals surface area contributed by atoms with Gasteiger partial charge in [-0.3, -0.25) is 9.59 Å². The minimum absolute atomic E-state index is 0.0298. The maximum Gasteiger partial charge on any atom is 0.248 e. The average Bonchev–Trinajstić information content (AvgIpc) is 2.55. The lowest BCUT2D eigenvalue weighted by Crippen LogP contribution is -2.44. The Morgan fingerprint density at radius 1 is 1.39 bits per heavy atom. The van der Waals surface area contributed by atoms with E-state index in [9.17, 15) is 18.0 Å². The van der Waals surface area contributed by atoms with Crippen molar-refractivity contribution in [1.82, 2.24) is 4.31 Å². The van der Waals surface area contributed by atoms with Gasteiger partial charge < -0.3 is 11.1 Å². The van der Waals surface area contributed by atoms with Gasteiger partial charge >= 0.3 is 0 Å². The third-order valence-corrected chi connectivity index (χ3v) is 5.78. The van der Waals surface area contributed by atoms with E-state index < -0.39 is 21.8 Å². The van der Waals surface area contributed by atoms with Gasteiger partial charge in [0.1, 0.15) is 0 Å². The van der Waals surface area contributed by atoms with Gasteiger partial charge in [0.15, 0.2) is 0 Å². The lowest BCUT2D eigenvalue weighted by atomic mass is 9.98. The number of carbonyl (C=O) groups is 2. The molecular weight excluding hydrogens is 318 g/mol. The van der Waals surface area contributed by atoms with Crippen molar-refractivity contribution < 1.29 is 18.0 Å². The molecule has 2 amide bonds. The van der Waals surface area contributed by atoms with Gasteiger partial charge in [-0.25, -0.2) is 12.7 Å². The highest BCUT2D eigenvalue weighted by atomic mass is 32.2. The van der Waals surface area contributed by atoms with Crippen molar-refractivity contribution in [2.24, 2.45) is 11.7 Å². The summed E-state index contributed by atoms with van der Waals surface area (Å²) in [4.78, 5) is 23.5. The van der Waals surface area contributed by atoms with Gasteiger partial charge in [-0.05, 0) is 38.0 Å². The van der Waals surface area contributed by atoms with E-state index in [-0.39, 0.29) is 18.2 Å². The molecule has 1 saturated heterocycles. The van der Waals surface area contributed by atoms with Crippen LogP contribution in [0.2, 0.25) is 0 Å². The summed E-state index contributed by atoms with van der Waals surface area (Å²) < 4.78 is 25.3. The maximum atomic E-state index is 12.4. The van der Waals surface area contributed by atoms with Gasteiger partial charge in [-0.2, -0.15) is 0 Å². The number of amides is 2. The van der Waals surface area contributed by atoms with E-state index in [2.05, 4.69) is 5.32 Å². The Bertz CT molecular complexity index is 702. The second kappa shape index (κ2) is 7.10. The van der Waals surface area contributed by atoms with Crippen molar-refractivity contribution in [3.8, 4) is 0 Å². The number of rotatable bonds is 5. The number of nitrogens with one attached hydrogen (secondary N) is 1. The second-order valence-corrected chi connectivity index (χ2v) is 7.79.